The molecule has 6 nitrogen and oxygen atoms in total. The fourth-order valence-corrected chi connectivity index (χ4v) is 0.879. The number of nitrogens with zero attached hydrogens (tertiary/aromatic N) is 2. The second-order valence-corrected chi connectivity index (χ2v) is 2.07. The Hall–Kier alpha value is -2.11. The normalized spacial score (nSPS) is 9.23. The van der Waals surface area contributed by atoms with Crippen molar-refractivity contribution in [1.82, 2.24) is 9.55 Å². The van der Waals surface area contributed by atoms with E-state index in [0.29, 0.717) is 10.9 Å². The Bertz CT molecular complexity index is 346. The number of rotatable bonds is 4. The van der Waals surface area contributed by atoms with E-state index in [1.54, 1.807) is 0 Å². The first-order chi connectivity index (χ1) is 6.28. The zero-order chi connectivity index (χ0) is 9.84. The molecule has 0 aliphatic heterocycles. The Kier molecular flexibility index (Phi) is 2.44. The zero-order valence-corrected chi connectivity index (χ0v) is 6.34. The van der Waals surface area contributed by atoms with Crippen molar-refractivity contribution >= 4 is 25.3 Å². The van der Waals surface area contributed by atoms with E-state index in [2.05, 4.69) is 4.98 Å². The first-order valence-corrected chi connectivity index (χ1v) is 3.21. The van der Waals surface area contributed by atoms with Crippen molar-refractivity contribution in [3.05, 3.63) is 17.2 Å². The molecule has 0 fully saturated rings. The quantitative estimate of drug-likeness (QED) is 0.575. The maximum Gasteiger partial charge on any atom is 0.220 e. The van der Waals surface area contributed by atoms with Crippen molar-refractivity contribution in [3.63, 3.8) is 0 Å². The maximum atomic E-state index is 10.4. The summed E-state index contributed by atoms with van der Waals surface area (Å²) in [6, 6.07) is 0. The summed E-state index contributed by atoms with van der Waals surface area (Å²) < 4.78 is 0.712. The van der Waals surface area contributed by atoms with Crippen molar-refractivity contribution in [3.8, 4) is 0 Å². The van der Waals surface area contributed by atoms with Crippen molar-refractivity contribution in [2.75, 3.05) is 0 Å². The molecule has 0 saturated heterocycles. The van der Waals surface area contributed by atoms with Crippen LogP contribution in [0.1, 0.15) is 31.6 Å². The first-order valence-electron chi connectivity index (χ1n) is 3.21. The minimum Gasteiger partial charge on any atom is -0.296 e. The van der Waals surface area contributed by atoms with E-state index >= 15 is 0 Å². The van der Waals surface area contributed by atoms with E-state index in [1.165, 1.54) is 0 Å². The minimum absolute atomic E-state index is 0.216. The van der Waals surface area contributed by atoms with Crippen LogP contribution in [0.5, 0.6) is 0 Å². The van der Waals surface area contributed by atoms with Crippen LogP contribution in [0.4, 0.5) is 0 Å². The molecule has 66 valence electrons. The zero-order valence-electron chi connectivity index (χ0n) is 6.34. The van der Waals surface area contributed by atoms with Gasteiger partial charge in [0.2, 0.25) is 6.41 Å². The van der Waals surface area contributed by atoms with E-state index in [9.17, 15) is 19.2 Å². The monoisotopic (exact) mass is 180 g/mol. The topological polar surface area (TPSA) is 86.1 Å². The van der Waals surface area contributed by atoms with Crippen LogP contribution in [0.3, 0.4) is 0 Å². The molecule has 0 unspecified atom stereocenters. The van der Waals surface area contributed by atoms with Crippen LogP contribution < -0.4 is 0 Å². The van der Waals surface area contributed by atoms with E-state index in [1.807, 2.05) is 0 Å². The summed E-state index contributed by atoms with van der Waals surface area (Å²) in [4.78, 5) is 44.9. The molecule has 0 bridgehead atoms. The highest BCUT2D eigenvalue weighted by molar-refractivity contribution is 5.92. The maximum absolute atomic E-state index is 10.4. The van der Waals surface area contributed by atoms with Gasteiger partial charge in [-0.05, 0) is 0 Å². The van der Waals surface area contributed by atoms with Gasteiger partial charge in [0.15, 0.2) is 24.7 Å². The molecule has 0 aromatic carbocycles. The first kappa shape index (κ1) is 8.98. The van der Waals surface area contributed by atoms with Gasteiger partial charge in [-0.15, -0.1) is 0 Å². The molecule has 6 heteroatoms. The van der Waals surface area contributed by atoms with Crippen molar-refractivity contribution in [2.24, 2.45) is 0 Å². The molecule has 1 aromatic rings. The van der Waals surface area contributed by atoms with Gasteiger partial charge in [-0.3, -0.25) is 23.7 Å². The number of hydrogen-bond donors (Lipinski definition) is 0. The number of carbonyl (C=O) groups is 4. The summed E-state index contributed by atoms with van der Waals surface area (Å²) in [5.74, 6) is -0.265. The molecule has 0 radical (unpaired) electrons. The van der Waals surface area contributed by atoms with Gasteiger partial charge in [-0.1, -0.05) is 0 Å². The van der Waals surface area contributed by atoms with Gasteiger partial charge >= 0.3 is 0 Å². The highest BCUT2D eigenvalue weighted by atomic mass is 16.1. The molecule has 0 saturated carbocycles. The van der Waals surface area contributed by atoms with E-state index in [-0.39, 0.29) is 36.2 Å². The summed E-state index contributed by atoms with van der Waals surface area (Å²) in [6.07, 6.45) is 1.12. The van der Waals surface area contributed by atoms with Crippen LogP contribution in [-0.2, 0) is 4.79 Å². The number of hydrogen-bond acceptors (Lipinski definition) is 5. The fourth-order valence-electron chi connectivity index (χ4n) is 0.879. The van der Waals surface area contributed by atoms with Gasteiger partial charge in [0.25, 0.3) is 0 Å². The number of imidazole rings is 1. The summed E-state index contributed by atoms with van der Waals surface area (Å²) in [7, 11) is 0. The summed E-state index contributed by atoms with van der Waals surface area (Å²) in [5.41, 5.74) is -0.434. The van der Waals surface area contributed by atoms with Crippen molar-refractivity contribution in [2.45, 2.75) is 0 Å². The third kappa shape index (κ3) is 1.28. The summed E-state index contributed by atoms with van der Waals surface area (Å²) >= 11 is 0. The van der Waals surface area contributed by atoms with Crippen molar-refractivity contribution in [1.29, 1.82) is 0 Å². The van der Waals surface area contributed by atoms with Crippen LogP contribution in [0, 0.1) is 0 Å². The Morgan fingerprint density at radius 3 is 2.08 bits per heavy atom. The standard InChI is InChI=1S/C7H4N2O4/c10-1-5-6(2-11)9(4-13)7(3-12)8-5/h1-4H. The predicted octanol–water partition coefficient (Wildman–Crippen LogP) is -0.641. The van der Waals surface area contributed by atoms with E-state index in [0.717, 1.165) is 0 Å². The molecule has 0 aliphatic rings. The van der Waals surface area contributed by atoms with Gasteiger partial charge in [-0.2, -0.15) is 0 Å². The summed E-state index contributed by atoms with van der Waals surface area (Å²) in [5, 5.41) is 0. The highest BCUT2D eigenvalue weighted by Crippen LogP contribution is 2.04. The Labute approximate surface area is 72.2 Å². The van der Waals surface area contributed by atoms with Gasteiger partial charge in [-0.25, -0.2) is 4.98 Å². The van der Waals surface area contributed by atoms with Crippen LogP contribution in [-0.4, -0.2) is 34.8 Å². The second kappa shape index (κ2) is 3.53. The lowest BCUT2D eigenvalue weighted by molar-refractivity contribution is 0.109. The predicted molar refractivity (Wildman–Crippen MR) is 40.5 cm³/mol. The third-order valence-electron chi connectivity index (χ3n) is 1.44. The molecule has 1 heterocycles. The minimum atomic E-state index is -0.265. The number of aromatic nitrogens is 2. The van der Waals surface area contributed by atoms with Gasteiger partial charge < -0.3 is 0 Å². The average molecular weight is 180 g/mol. The lowest BCUT2D eigenvalue weighted by Crippen LogP contribution is -2.05. The molecule has 0 amide bonds. The summed E-state index contributed by atoms with van der Waals surface area (Å²) in [6.45, 7) is 0. The largest absolute Gasteiger partial charge is 0.296 e. The second-order valence-electron chi connectivity index (χ2n) is 2.07. The Morgan fingerprint density at radius 1 is 1.00 bits per heavy atom. The lowest BCUT2D eigenvalue weighted by Gasteiger charge is -1.91. The van der Waals surface area contributed by atoms with Crippen molar-refractivity contribution < 1.29 is 19.2 Å². The van der Waals surface area contributed by atoms with E-state index in [4.69, 9.17) is 0 Å². The van der Waals surface area contributed by atoms with E-state index < -0.39 is 0 Å². The molecular weight excluding hydrogens is 176 g/mol. The van der Waals surface area contributed by atoms with Crippen LogP contribution in [0.2, 0.25) is 0 Å². The molecular formula is C7H4N2O4. The lowest BCUT2D eigenvalue weighted by atomic mass is 10.4. The van der Waals surface area contributed by atoms with Crippen LogP contribution in [0.25, 0.3) is 0 Å². The Balaban J connectivity index is 3.50. The van der Waals surface area contributed by atoms with Crippen LogP contribution >= 0.6 is 0 Å². The highest BCUT2D eigenvalue weighted by Gasteiger charge is 2.14. The molecule has 0 aliphatic carbocycles. The molecule has 1 aromatic heterocycles. The number of aldehydes is 3. The molecule has 0 N–H and O–H groups in total. The average Bonchev–Trinajstić information content (AvgIpc) is 2.54. The molecule has 1 rings (SSSR count). The third-order valence-corrected chi connectivity index (χ3v) is 1.44. The molecule has 13 heavy (non-hydrogen) atoms. The van der Waals surface area contributed by atoms with Gasteiger partial charge in [0.1, 0.15) is 11.4 Å². The molecule has 0 atom stereocenters. The van der Waals surface area contributed by atoms with Gasteiger partial charge in [0.05, 0.1) is 0 Å². The smallest absolute Gasteiger partial charge is 0.220 e. The van der Waals surface area contributed by atoms with Gasteiger partial charge in [0, 0.05) is 0 Å². The Morgan fingerprint density at radius 2 is 1.69 bits per heavy atom. The SMILES string of the molecule is O=Cc1nc(C=O)n(C=O)c1C=O. The fraction of sp³-hybridized carbons (Fsp3) is 0. The van der Waals surface area contributed by atoms with Crippen LogP contribution in [0.15, 0.2) is 0 Å². The number of carbonyl (C=O) groups excluding carboxylic acids is 4. The molecule has 0 spiro atoms.